The first-order valence-electron chi connectivity index (χ1n) is 6.63. The van der Waals surface area contributed by atoms with Crippen LogP contribution in [0.15, 0.2) is 17.0 Å². The van der Waals surface area contributed by atoms with E-state index in [-0.39, 0.29) is 22.3 Å². The van der Waals surface area contributed by atoms with Crippen LogP contribution in [0, 0.1) is 17.0 Å². The molecule has 1 saturated carbocycles. The minimum atomic E-state index is -3.78. The van der Waals surface area contributed by atoms with Crippen molar-refractivity contribution in [1.82, 2.24) is 4.72 Å². The van der Waals surface area contributed by atoms with Crippen LogP contribution in [0.5, 0.6) is 0 Å². The van der Waals surface area contributed by atoms with Crippen LogP contribution in [-0.2, 0) is 10.0 Å². The Balaban J connectivity index is 2.42. The van der Waals surface area contributed by atoms with Gasteiger partial charge in [0.1, 0.15) is 5.69 Å². The highest BCUT2D eigenvalue weighted by molar-refractivity contribution is 7.89. The van der Waals surface area contributed by atoms with Gasteiger partial charge in [-0.05, 0) is 31.4 Å². The zero-order chi connectivity index (χ0) is 15.6. The number of benzene rings is 1. The SMILES string of the molecule is Cc1cc(NN)c([N+](=O)[O-])cc1S(=O)(=O)NC1CCCC1. The first-order chi connectivity index (χ1) is 9.85. The van der Waals surface area contributed by atoms with Gasteiger partial charge in [0.25, 0.3) is 5.69 Å². The van der Waals surface area contributed by atoms with E-state index >= 15 is 0 Å². The van der Waals surface area contributed by atoms with Crippen molar-refractivity contribution >= 4 is 21.4 Å². The fourth-order valence-corrected chi connectivity index (χ4v) is 4.11. The van der Waals surface area contributed by atoms with Crippen LogP contribution >= 0.6 is 0 Å². The van der Waals surface area contributed by atoms with E-state index in [1.54, 1.807) is 6.92 Å². The summed E-state index contributed by atoms with van der Waals surface area (Å²) in [5.74, 6) is 5.23. The topological polar surface area (TPSA) is 127 Å². The van der Waals surface area contributed by atoms with Crippen molar-refractivity contribution in [1.29, 1.82) is 0 Å². The van der Waals surface area contributed by atoms with Crippen LogP contribution in [0.25, 0.3) is 0 Å². The van der Waals surface area contributed by atoms with Crippen molar-refractivity contribution < 1.29 is 13.3 Å². The number of hydrazine groups is 1. The number of nitrogens with zero attached hydrogens (tertiary/aromatic N) is 1. The highest BCUT2D eigenvalue weighted by atomic mass is 32.2. The molecule has 21 heavy (non-hydrogen) atoms. The smallest absolute Gasteiger partial charge is 0.295 e. The van der Waals surface area contributed by atoms with Gasteiger partial charge < -0.3 is 5.43 Å². The molecule has 0 saturated heterocycles. The van der Waals surface area contributed by atoms with Gasteiger partial charge in [-0.3, -0.25) is 16.0 Å². The highest BCUT2D eigenvalue weighted by Gasteiger charge is 2.27. The molecule has 1 fully saturated rings. The summed E-state index contributed by atoms with van der Waals surface area (Å²) in [5, 5.41) is 11.0. The summed E-state index contributed by atoms with van der Waals surface area (Å²) in [6, 6.07) is 2.31. The zero-order valence-corrected chi connectivity index (χ0v) is 12.4. The first-order valence-corrected chi connectivity index (χ1v) is 8.11. The molecule has 0 amide bonds. The van der Waals surface area contributed by atoms with Crippen LogP contribution in [0.1, 0.15) is 31.2 Å². The monoisotopic (exact) mass is 314 g/mol. The number of nitro benzene ring substituents is 1. The zero-order valence-electron chi connectivity index (χ0n) is 11.6. The molecule has 1 aromatic carbocycles. The van der Waals surface area contributed by atoms with Gasteiger partial charge in [-0.25, -0.2) is 13.1 Å². The lowest BCUT2D eigenvalue weighted by atomic mass is 10.2. The van der Waals surface area contributed by atoms with Gasteiger partial charge in [-0.15, -0.1) is 0 Å². The summed E-state index contributed by atoms with van der Waals surface area (Å²) in [7, 11) is -3.78. The standard InChI is InChI=1S/C12H18N4O4S/c1-8-6-10(14-13)11(16(17)18)7-12(8)21(19,20)15-9-4-2-3-5-9/h6-7,9,14-15H,2-5,13H2,1H3. The largest absolute Gasteiger partial charge is 0.318 e. The van der Waals surface area contributed by atoms with Gasteiger partial charge in [-0.1, -0.05) is 12.8 Å². The van der Waals surface area contributed by atoms with E-state index in [4.69, 9.17) is 5.84 Å². The summed E-state index contributed by atoms with van der Waals surface area (Å²) in [6.07, 6.45) is 3.57. The summed E-state index contributed by atoms with van der Waals surface area (Å²) >= 11 is 0. The highest BCUT2D eigenvalue weighted by Crippen LogP contribution is 2.30. The second kappa shape index (κ2) is 5.96. The maximum Gasteiger partial charge on any atom is 0.295 e. The van der Waals surface area contributed by atoms with E-state index in [1.807, 2.05) is 0 Å². The number of aryl methyl sites for hydroxylation is 1. The van der Waals surface area contributed by atoms with E-state index in [9.17, 15) is 18.5 Å². The average Bonchev–Trinajstić information content (AvgIpc) is 2.89. The van der Waals surface area contributed by atoms with E-state index in [1.165, 1.54) is 6.07 Å². The molecule has 2 rings (SSSR count). The van der Waals surface area contributed by atoms with Crippen LogP contribution in [0.2, 0.25) is 0 Å². The van der Waals surface area contributed by atoms with Gasteiger partial charge in [0.15, 0.2) is 0 Å². The molecule has 8 nitrogen and oxygen atoms in total. The summed E-state index contributed by atoms with van der Waals surface area (Å²) in [4.78, 5) is 10.3. The summed E-state index contributed by atoms with van der Waals surface area (Å²) < 4.78 is 27.4. The first kappa shape index (κ1) is 15.7. The lowest BCUT2D eigenvalue weighted by molar-refractivity contribution is -0.384. The van der Waals surface area contributed by atoms with Crippen LogP contribution in [0.4, 0.5) is 11.4 Å². The molecular formula is C12H18N4O4S. The van der Waals surface area contributed by atoms with Crippen molar-refractivity contribution in [3.63, 3.8) is 0 Å². The molecule has 0 unspecified atom stereocenters. The molecule has 1 aromatic rings. The Morgan fingerprint density at radius 1 is 1.33 bits per heavy atom. The third-order valence-corrected chi connectivity index (χ3v) is 5.27. The maximum atomic E-state index is 12.4. The predicted octanol–water partition coefficient (Wildman–Crippen LogP) is 1.41. The van der Waals surface area contributed by atoms with Gasteiger partial charge in [0, 0.05) is 12.1 Å². The second-order valence-corrected chi connectivity index (χ2v) is 6.82. The minimum absolute atomic E-state index is 0.0808. The molecule has 9 heteroatoms. The minimum Gasteiger partial charge on any atom is -0.318 e. The van der Waals surface area contributed by atoms with E-state index < -0.39 is 14.9 Å². The Labute approximate surface area is 122 Å². The molecule has 116 valence electrons. The number of anilines is 1. The molecule has 0 aliphatic heterocycles. The fraction of sp³-hybridized carbons (Fsp3) is 0.500. The number of nitrogen functional groups attached to an aromatic ring is 1. The Morgan fingerprint density at radius 3 is 2.48 bits per heavy atom. The molecule has 1 aliphatic carbocycles. The molecule has 0 atom stereocenters. The molecule has 0 heterocycles. The van der Waals surface area contributed by atoms with Gasteiger partial charge >= 0.3 is 0 Å². The number of nitrogens with one attached hydrogen (secondary N) is 2. The van der Waals surface area contributed by atoms with Crippen LogP contribution < -0.4 is 16.0 Å². The Hall–Kier alpha value is -1.71. The molecule has 0 radical (unpaired) electrons. The van der Waals surface area contributed by atoms with Gasteiger partial charge in [0.2, 0.25) is 10.0 Å². The second-order valence-electron chi connectivity index (χ2n) is 5.14. The lowest BCUT2D eigenvalue weighted by Gasteiger charge is -2.15. The normalized spacial score (nSPS) is 16.1. The van der Waals surface area contributed by atoms with Crippen LogP contribution in [-0.4, -0.2) is 19.4 Å². The van der Waals surface area contributed by atoms with Gasteiger partial charge in [-0.2, -0.15) is 0 Å². The fourth-order valence-electron chi connectivity index (χ4n) is 2.56. The molecule has 0 bridgehead atoms. The van der Waals surface area contributed by atoms with Crippen molar-refractivity contribution in [2.24, 2.45) is 5.84 Å². The van der Waals surface area contributed by atoms with E-state index in [0.29, 0.717) is 5.56 Å². The lowest BCUT2D eigenvalue weighted by Crippen LogP contribution is -2.33. The number of nitrogens with two attached hydrogens (primary N) is 1. The number of sulfonamides is 1. The van der Waals surface area contributed by atoms with Crippen LogP contribution in [0.3, 0.4) is 0 Å². The number of hydrogen-bond acceptors (Lipinski definition) is 6. The quantitative estimate of drug-likeness (QED) is 0.428. The molecular weight excluding hydrogens is 296 g/mol. The van der Waals surface area contributed by atoms with Crippen molar-refractivity contribution in [2.45, 2.75) is 43.5 Å². The van der Waals surface area contributed by atoms with E-state index in [0.717, 1.165) is 31.7 Å². The number of rotatable bonds is 5. The van der Waals surface area contributed by atoms with Gasteiger partial charge in [0.05, 0.1) is 9.82 Å². The third kappa shape index (κ3) is 3.31. The number of nitro groups is 1. The molecule has 0 aromatic heterocycles. The number of hydrogen-bond donors (Lipinski definition) is 3. The Bertz CT molecular complexity index is 653. The summed E-state index contributed by atoms with van der Waals surface area (Å²) in [6.45, 7) is 1.58. The molecule has 4 N–H and O–H groups in total. The summed E-state index contributed by atoms with van der Waals surface area (Å²) in [5.41, 5.74) is 2.33. The molecule has 1 aliphatic rings. The Morgan fingerprint density at radius 2 is 1.95 bits per heavy atom. The van der Waals surface area contributed by atoms with Crippen molar-refractivity contribution in [2.75, 3.05) is 5.43 Å². The average molecular weight is 314 g/mol. The van der Waals surface area contributed by atoms with E-state index in [2.05, 4.69) is 10.1 Å². The maximum absolute atomic E-state index is 12.4. The third-order valence-electron chi connectivity index (χ3n) is 3.61. The Kier molecular flexibility index (Phi) is 4.45. The predicted molar refractivity (Wildman–Crippen MR) is 78.2 cm³/mol. The van der Waals surface area contributed by atoms with Crippen molar-refractivity contribution in [3.8, 4) is 0 Å². The molecule has 0 spiro atoms. The van der Waals surface area contributed by atoms with Crippen molar-refractivity contribution in [3.05, 3.63) is 27.8 Å².